The highest BCUT2D eigenvalue weighted by atomic mass is 32.2. The summed E-state index contributed by atoms with van der Waals surface area (Å²) in [6.45, 7) is 1.07. The molecule has 2 saturated carbocycles. The standard InChI is InChI=1S/C12H23NOS/c14-15(12-5-2-1-3-6-12)10-4-9-13-11-7-8-11/h11-13H,1-10H2. The molecule has 15 heavy (non-hydrogen) atoms. The van der Waals surface area contributed by atoms with Gasteiger partial charge in [0.05, 0.1) is 0 Å². The topological polar surface area (TPSA) is 29.1 Å². The van der Waals surface area contributed by atoms with Gasteiger partial charge in [0, 0.05) is 27.8 Å². The smallest absolute Gasteiger partial charge is 0.0348 e. The fourth-order valence-electron chi connectivity index (χ4n) is 2.30. The lowest BCUT2D eigenvalue weighted by Gasteiger charge is -2.20. The van der Waals surface area contributed by atoms with Crippen LogP contribution >= 0.6 is 0 Å². The summed E-state index contributed by atoms with van der Waals surface area (Å²) in [4.78, 5) is 0. The summed E-state index contributed by atoms with van der Waals surface area (Å²) in [7, 11) is -0.541. The van der Waals surface area contributed by atoms with Crippen molar-refractivity contribution in [3.8, 4) is 0 Å². The van der Waals surface area contributed by atoms with Crippen LogP contribution in [0, 0.1) is 0 Å². The minimum atomic E-state index is -0.541. The van der Waals surface area contributed by atoms with Gasteiger partial charge in [-0.2, -0.15) is 0 Å². The maximum atomic E-state index is 11.9. The summed E-state index contributed by atoms with van der Waals surface area (Å²) in [5.74, 6) is 0.921. The maximum Gasteiger partial charge on any atom is 0.0348 e. The lowest BCUT2D eigenvalue weighted by Crippen LogP contribution is -2.24. The molecule has 2 fully saturated rings. The van der Waals surface area contributed by atoms with Crippen LogP contribution in [0.4, 0.5) is 0 Å². The number of hydrogen-bond donors (Lipinski definition) is 1. The van der Waals surface area contributed by atoms with Gasteiger partial charge in [-0.25, -0.2) is 0 Å². The van der Waals surface area contributed by atoms with Crippen LogP contribution in [0.15, 0.2) is 0 Å². The van der Waals surface area contributed by atoms with Gasteiger partial charge in [0.1, 0.15) is 0 Å². The molecule has 0 aromatic carbocycles. The van der Waals surface area contributed by atoms with Crippen LogP contribution in [0.1, 0.15) is 51.4 Å². The first kappa shape index (κ1) is 11.6. The fourth-order valence-corrected chi connectivity index (χ4v) is 3.92. The van der Waals surface area contributed by atoms with Crippen LogP contribution in [0.25, 0.3) is 0 Å². The van der Waals surface area contributed by atoms with E-state index in [1.165, 1.54) is 44.9 Å². The Labute approximate surface area is 95.7 Å². The second-order valence-corrected chi connectivity index (χ2v) is 6.76. The van der Waals surface area contributed by atoms with Crippen molar-refractivity contribution in [3.05, 3.63) is 0 Å². The predicted molar refractivity (Wildman–Crippen MR) is 65.5 cm³/mol. The van der Waals surface area contributed by atoms with E-state index in [1.807, 2.05) is 0 Å². The number of rotatable bonds is 6. The summed E-state index contributed by atoms with van der Waals surface area (Å²) in [5, 5.41) is 4.01. The molecule has 2 aliphatic rings. The fraction of sp³-hybridized carbons (Fsp3) is 1.00. The largest absolute Gasteiger partial charge is 0.314 e. The molecule has 1 N–H and O–H groups in total. The molecular weight excluding hydrogens is 206 g/mol. The van der Waals surface area contributed by atoms with E-state index in [-0.39, 0.29) is 0 Å². The van der Waals surface area contributed by atoms with Gasteiger partial charge >= 0.3 is 0 Å². The molecule has 1 atom stereocenters. The average molecular weight is 229 g/mol. The summed E-state index contributed by atoms with van der Waals surface area (Å²) in [6.07, 6.45) is 10.2. The highest BCUT2D eigenvalue weighted by Crippen LogP contribution is 2.22. The van der Waals surface area contributed by atoms with Crippen molar-refractivity contribution in [1.29, 1.82) is 0 Å². The molecule has 88 valence electrons. The zero-order valence-corrected chi connectivity index (χ0v) is 10.4. The third-order valence-corrected chi connectivity index (χ3v) is 5.36. The monoisotopic (exact) mass is 229 g/mol. The Morgan fingerprint density at radius 3 is 2.47 bits per heavy atom. The van der Waals surface area contributed by atoms with Crippen molar-refractivity contribution in [2.24, 2.45) is 0 Å². The van der Waals surface area contributed by atoms with Gasteiger partial charge < -0.3 is 5.32 Å². The van der Waals surface area contributed by atoms with Crippen LogP contribution < -0.4 is 5.32 Å². The predicted octanol–water partition coefficient (Wildman–Crippen LogP) is 2.21. The van der Waals surface area contributed by atoms with Crippen molar-refractivity contribution < 1.29 is 4.21 Å². The highest BCUT2D eigenvalue weighted by molar-refractivity contribution is 7.85. The van der Waals surface area contributed by atoms with Gasteiger partial charge in [-0.05, 0) is 38.6 Å². The second-order valence-electron chi connectivity index (χ2n) is 4.93. The molecule has 2 aliphatic carbocycles. The van der Waals surface area contributed by atoms with Crippen LogP contribution in [-0.4, -0.2) is 27.8 Å². The molecular formula is C12H23NOS. The molecule has 0 spiro atoms. The molecule has 2 rings (SSSR count). The van der Waals surface area contributed by atoms with Crippen LogP contribution in [0.3, 0.4) is 0 Å². The lowest BCUT2D eigenvalue weighted by atomic mass is 10.0. The summed E-state index contributed by atoms with van der Waals surface area (Å²) in [6, 6.07) is 0.799. The number of nitrogens with one attached hydrogen (secondary N) is 1. The molecule has 0 radical (unpaired) electrons. The van der Waals surface area contributed by atoms with Crippen LogP contribution in [-0.2, 0) is 10.8 Å². The molecule has 0 saturated heterocycles. The molecule has 0 amide bonds. The average Bonchev–Trinajstić information content (AvgIpc) is 3.09. The molecule has 1 unspecified atom stereocenters. The molecule has 3 heteroatoms. The first-order chi connectivity index (χ1) is 7.36. The van der Waals surface area contributed by atoms with E-state index in [2.05, 4.69) is 5.32 Å². The zero-order valence-electron chi connectivity index (χ0n) is 9.54. The lowest BCUT2D eigenvalue weighted by molar-refractivity contribution is 0.504. The van der Waals surface area contributed by atoms with Crippen LogP contribution in [0.2, 0.25) is 0 Å². The van der Waals surface area contributed by atoms with E-state index in [1.54, 1.807) is 0 Å². The first-order valence-electron chi connectivity index (χ1n) is 6.47. The van der Waals surface area contributed by atoms with Crippen molar-refractivity contribution >= 4 is 10.8 Å². The van der Waals surface area contributed by atoms with Gasteiger partial charge in [0.25, 0.3) is 0 Å². The Balaban J connectivity index is 1.54. The van der Waals surface area contributed by atoms with E-state index in [0.717, 1.165) is 24.8 Å². The summed E-state index contributed by atoms with van der Waals surface area (Å²) in [5.41, 5.74) is 0. The van der Waals surface area contributed by atoms with Crippen molar-refractivity contribution in [2.75, 3.05) is 12.3 Å². The SMILES string of the molecule is O=S(CCCNC1CC1)C1CCCCC1. The molecule has 0 aromatic heterocycles. The van der Waals surface area contributed by atoms with E-state index in [0.29, 0.717) is 5.25 Å². The van der Waals surface area contributed by atoms with Crippen molar-refractivity contribution in [2.45, 2.75) is 62.7 Å². The number of hydrogen-bond acceptors (Lipinski definition) is 2. The van der Waals surface area contributed by atoms with Gasteiger partial charge in [0.2, 0.25) is 0 Å². The first-order valence-corrected chi connectivity index (χ1v) is 7.85. The Morgan fingerprint density at radius 1 is 1.07 bits per heavy atom. The van der Waals surface area contributed by atoms with E-state index >= 15 is 0 Å². The Bertz CT molecular complexity index is 210. The van der Waals surface area contributed by atoms with Crippen molar-refractivity contribution in [3.63, 3.8) is 0 Å². The van der Waals surface area contributed by atoms with Gasteiger partial charge in [-0.1, -0.05) is 19.3 Å². The minimum Gasteiger partial charge on any atom is -0.314 e. The Morgan fingerprint density at radius 2 is 1.80 bits per heavy atom. The molecule has 0 aliphatic heterocycles. The summed E-state index contributed by atoms with van der Waals surface area (Å²) < 4.78 is 11.9. The highest BCUT2D eigenvalue weighted by Gasteiger charge is 2.21. The van der Waals surface area contributed by atoms with E-state index < -0.39 is 10.8 Å². The minimum absolute atomic E-state index is 0.527. The molecule has 0 heterocycles. The molecule has 0 bridgehead atoms. The maximum absolute atomic E-state index is 11.9. The van der Waals surface area contributed by atoms with Gasteiger partial charge in [0.15, 0.2) is 0 Å². The molecule has 2 nitrogen and oxygen atoms in total. The third kappa shape index (κ3) is 4.23. The summed E-state index contributed by atoms with van der Waals surface area (Å²) >= 11 is 0. The third-order valence-electron chi connectivity index (χ3n) is 3.46. The van der Waals surface area contributed by atoms with E-state index in [9.17, 15) is 4.21 Å². The van der Waals surface area contributed by atoms with Crippen LogP contribution in [0.5, 0.6) is 0 Å². The Hall–Kier alpha value is 0.110. The Kier molecular flexibility index (Phi) is 4.63. The zero-order chi connectivity index (χ0) is 10.5. The van der Waals surface area contributed by atoms with Gasteiger partial charge in [-0.15, -0.1) is 0 Å². The van der Waals surface area contributed by atoms with Gasteiger partial charge in [-0.3, -0.25) is 4.21 Å². The molecule has 0 aromatic rings. The van der Waals surface area contributed by atoms with Crippen molar-refractivity contribution in [1.82, 2.24) is 5.32 Å². The normalized spacial score (nSPS) is 25.3. The van der Waals surface area contributed by atoms with E-state index in [4.69, 9.17) is 0 Å². The quantitative estimate of drug-likeness (QED) is 0.708. The second kappa shape index (κ2) is 6.00.